The van der Waals surface area contributed by atoms with Gasteiger partial charge in [-0.1, -0.05) is 62.9 Å². The monoisotopic (exact) mass is 443 g/mol. The van der Waals surface area contributed by atoms with Crippen molar-refractivity contribution in [3.8, 4) is 0 Å². The third-order valence-corrected chi connectivity index (χ3v) is 6.40. The highest BCUT2D eigenvalue weighted by Crippen LogP contribution is 2.25. The molecule has 0 spiro atoms. The lowest BCUT2D eigenvalue weighted by molar-refractivity contribution is -0.141. The molecule has 2 aliphatic heterocycles. The van der Waals surface area contributed by atoms with Crippen LogP contribution < -0.4 is 5.32 Å². The smallest absolute Gasteiger partial charge is 0.410 e. The molecule has 1 aromatic carbocycles. The fourth-order valence-corrected chi connectivity index (χ4v) is 4.60. The Hall–Kier alpha value is -2.57. The Balaban J connectivity index is 1.50. The fraction of sp³-hybridized carbons (Fsp3) is 0.640. The third kappa shape index (κ3) is 6.47. The Morgan fingerprint density at radius 1 is 0.938 bits per heavy atom. The molecule has 0 unspecified atom stereocenters. The van der Waals surface area contributed by atoms with Gasteiger partial charge >= 0.3 is 6.09 Å². The summed E-state index contributed by atoms with van der Waals surface area (Å²) >= 11 is 0. The summed E-state index contributed by atoms with van der Waals surface area (Å²) in [6.45, 7) is 4.10. The van der Waals surface area contributed by atoms with Gasteiger partial charge in [0.25, 0.3) is 0 Å². The number of ether oxygens (including phenoxy) is 1. The summed E-state index contributed by atoms with van der Waals surface area (Å²) in [5, 5.41) is 3.01. The molecule has 3 amide bonds. The van der Waals surface area contributed by atoms with Crippen LogP contribution in [0.25, 0.3) is 0 Å². The molecule has 0 bridgehead atoms. The Kier molecular flexibility index (Phi) is 9.38. The number of benzene rings is 1. The van der Waals surface area contributed by atoms with Gasteiger partial charge in [0.2, 0.25) is 11.8 Å². The SMILES string of the molecule is CCCCCCCNC(=O)[C@@H]1CCCN1C(=O)[C@@H]1CCCN1C(=O)OCc1ccccc1. The van der Waals surface area contributed by atoms with E-state index in [1.165, 1.54) is 24.2 Å². The molecule has 0 radical (unpaired) electrons. The first-order chi connectivity index (χ1) is 15.6. The standard InChI is InChI=1S/C25H37N3O4/c1-2-3-4-5-9-16-26-23(29)21-14-10-17-27(21)24(30)22-15-11-18-28(22)25(31)32-19-20-12-7-6-8-13-20/h6-8,12-13,21-22H,2-5,9-11,14-19H2,1H3,(H,26,29)/t21-,22-/m0/s1. The molecule has 2 atom stereocenters. The first-order valence-corrected chi connectivity index (χ1v) is 12.2. The van der Waals surface area contributed by atoms with Crippen LogP contribution in [0.1, 0.15) is 70.3 Å². The number of carbonyl (C=O) groups excluding carboxylic acids is 3. The van der Waals surface area contributed by atoms with E-state index in [1.54, 1.807) is 4.90 Å². The summed E-state index contributed by atoms with van der Waals surface area (Å²) in [5.41, 5.74) is 0.911. The average Bonchev–Trinajstić information content (AvgIpc) is 3.50. The van der Waals surface area contributed by atoms with Gasteiger partial charge in [0, 0.05) is 19.6 Å². The van der Waals surface area contributed by atoms with Gasteiger partial charge in [0.05, 0.1) is 0 Å². The molecule has 2 heterocycles. The van der Waals surface area contributed by atoms with Crippen molar-refractivity contribution in [3.63, 3.8) is 0 Å². The fourth-order valence-electron chi connectivity index (χ4n) is 4.60. The first-order valence-electron chi connectivity index (χ1n) is 12.2. The second-order valence-electron chi connectivity index (χ2n) is 8.79. The summed E-state index contributed by atoms with van der Waals surface area (Å²) < 4.78 is 5.46. The molecule has 0 aromatic heterocycles. The number of nitrogens with one attached hydrogen (secondary N) is 1. The van der Waals surface area contributed by atoms with Gasteiger partial charge in [0.1, 0.15) is 18.7 Å². The van der Waals surface area contributed by atoms with Gasteiger partial charge in [-0.2, -0.15) is 0 Å². The van der Waals surface area contributed by atoms with Crippen LogP contribution in [0.5, 0.6) is 0 Å². The highest BCUT2D eigenvalue weighted by Gasteiger charge is 2.42. The van der Waals surface area contributed by atoms with Crippen molar-refractivity contribution in [2.45, 2.75) is 83.4 Å². The predicted octanol–water partition coefficient (Wildman–Crippen LogP) is 3.87. The van der Waals surface area contributed by atoms with E-state index < -0.39 is 18.2 Å². The number of unbranched alkanes of at least 4 members (excludes halogenated alkanes) is 4. The number of amides is 3. The van der Waals surface area contributed by atoms with E-state index in [1.807, 2.05) is 30.3 Å². The maximum absolute atomic E-state index is 13.3. The molecule has 7 heteroatoms. The largest absolute Gasteiger partial charge is 0.445 e. The Morgan fingerprint density at radius 2 is 1.62 bits per heavy atom. The number of nitrogens with zero attached hydrogens (tertiary/aromatic N) is 2. The second kappa shape index (κ2) is 12.5. The van der Waals surface area contributed by atoms with Crippen molar-refractivity contribution >= 4 is 17.9 Å². The van der Waals surface area contributed by atoms with Gasteiger partial charge < -0.3 is 15.0 Å². The highest BCUT2D eigenvalue weighted by molar-refractivity contribution is 5.92. The number of hydrogen-bond donors (Lipinski definition) is 1. The topological polar surface area (TPSA) is 79.0 Å². The van der Waals surface area contributed by atoms with Crippen molar-refractivity contribution in [1.82, 2.24) is 15.1 Å². The quantitative estimate of drug-likeness (QED) is 0.557. The van der Waals surface area contributed by atoms with Crippen LogP contribution in [-0.2, 0) is 20.9 Å². The normalized spacial score (nSPS) is 20.4. The van der Waals surface area contributed by atoms with E-state index >= 15 is 0 Å². The summed E-state index contributed by atoms with van der Waals surface area (Å²) in [6.07, 6.45) is 8.11. The third-order valence-electron chi connectivity index (χ3n) is 6.40. The molecular formula is C25H37N3O4. The minimum atomic E-state index is -0.541. The predicted molar refractivity (Wildman–Crippen MR) is 123 cm³/mol. The van der Waals surface area contributed by atoms with Gasteiger partial charge in [-0.15, -0.1) is 0 Å². The minimum Gasteiger partial charge on any atom is -0.445 e. The van der Waals surface area contributed by atoms with Crippen molar-refractivity contribution in [3.05, 3.63) is 35.9 Å². The second-order valence-corrected chi connectivity index (χ2v) is 8.79. The molecule has 1 aromatic rings. The van der Waals surface area contributed by atoms with Crippen molar-refractivity contribution in [2.24, 2.45) is 0 Å². The summed E-state index contributed by atoms with van der Waals surface area (Å²) in [5.74, 6) is -0.192. The van der Waals surface area contributed by atoms with Gasteiger partial charge in [-0.05, 0) is 37.7 Å². The minimum absolute atomic E-state index is 0.0671. The highest BCUT2D eigenvalue weighted by atomic mass is 16.6. The zero-order valence-corrected chi connectivity index (χ0v) is 19.3. The van der Waals surface area contributed by atoms with Crippen LogP contribution in [0.4, 0.5) is 4.79 Å². The van der Waals surface area contributed by atoms with Crippen LogP contribution in [0.3, 0.4) is 0 Å². The molecule has 1 N–H and O–H groups in total. The summed E-state index contributed by atoms with van der Waals surface area (Å²) in [7, 11) is 0. The van der Waals surface area contributed by atoms with Gasteiger partial charge in [-0.3, -0.25) is 14.5 Å². The molecule has 2 aliphatic rings. The van der Waals surface area contributed by atoms with E-state index in [-0.39, 0.29) is 18.4 Å². The lowest BCUT2D eigenvalue weighted by Crippen LogP contribution is -2.53. The van der Waals surface area contributed by atoms with Crippen molar-refractivity contribution in [2.75, 3.05) is 19.6 Å². The average molecular weight is 444 g/mol. The van der Waals surface area contributed by atoms with Crippen LogP contribution in [-0.4, -0.2) is 59.4 Å². The lowest BCUT2D eigenvalue weighted by atomic mass is 10.1. The molecule has 2 saturated heterocycles. The molecule has 2 fully saturated rings. The zero-order valence-electron chi connectivity index (χ0n) is 19.3. The van der Waals surface area contributed by atoms with Crippen LogP contribution in [0.15, 0.2) is 30.3 Å². The van der Waals surface area contributed by atoms with Crippen molar-refractivity contribution in [1.29, 1.82) is 0 Å². The van der Waals surface area contributed by atoms with E-state index in [0.717, 1.165) is 31.2 Å². The van der Waals surface area contributed by atoms with Crippen LogP contribution >= 0.6 is 0 Å². The van der Waals surface area contributed by atoms with E-state index in [9.17, 15) is 14.4 Å². The molecule has 0 saturated carbocycles. The van der Waals surface area contributed by atoms with Crippen LogP contribution in [0.2, 0.25) is 0 Å². The molecule has 7 nitrogen and oxygen atoms in total. The lowest BCUT2D eigenvalue weighted by Gasteiger charge is -2.30. The van der Waals surface area contributed by atoms with Gasteiger partial charge in [0.15, 0.2) is 0 Å². The maximum atomic E-state index is 13.3. The number of hydrogen-bond acceptors (Lipinski definition) is 4. The molecule has 32 heavy (non-hydrogen) atoms. The Morgan fingerprint density at radius 3 is 2.38 bits per heavy atom. The Labute approximate surface area is 191 Å². The van der Waals surface area contributed by atoms with E-state index in [2.05, 4.69) is 12.2 Å². The Bertz CT molecular complexity index is 755. The van der Waals surface area contributed by atoms with Crippen LogP contribution in [0, 0.1) is 0 Å². The number of carbonyl (C=O) groups is 3. The van der Waals surface area contributed by atoms with Crippen molar-refractivity contribution < 1.29 is 19.1 Å². The van der Waals surface area contributed by atoms with E-state index in [0.29, 0.717) is 32.5 Å². The first kappa shape index (κ1) is 24.1. The summed E-state index contributed by atoms with van der Waals surface area (Å²) in [6, 6.07) is 8.54. The van der Waals surface area contributed by atoms with E-state index in [4.69, 9.17) is 4.74 Å². The number of likely N-dealkylation sites (tertiary alicyclic amines) is 2. The maximum Gasteiger partial charge on any atom is 0.410 e. The zero-order chi connectivity index (χ0) is 22.8. The summed E-state index contributed by atoms with van der Waals surface area (Å²) in [4.78, 5) is 41.9. The molecule has 176 valence electrons. The molecule has 0 aliphatic carbocycles. The molecular weight excluding hydrogens is 406 g/mol. The molecule has 3 rings (SSSR count). The number of rotatable bonds is 10. The van der Waals surface area contributed by atoms with Gasteiger partial charge in [-0.25, -0.2) is 4.79 Å².